The fourth-order valence-corrected chi connectivity index (χ4v) is 3.61. The Labute approximate surface area is 207 Å². The lowest BCUT2D eigenvalue weighted by Crippen LogP contribution is -2.40. The molecule has 0 aliphatic carbocycles. The lowest BCUT2D eigenvalue weighted by Gasteiger charge is -2.30. The highest BCUT2D eigenvalue weighted by atomic mass is 19.4. The number of guanidine groups is 1. The average Bonchev–Trinajstić information content (AvgIpc) is 2.88. The molecule has 2 aromatic rings. The van der Waals surface area contributed by atoms with Crippen LogP contribution in [-0.2, 0) is 6.18 Å². The van der Waals surface area contributed by atoms with Crippen molar-refractivity contribution < 1.29 is 18.0 Å². The molecule has 1 amide bonds. The number of carbonyl (C=O) groups is 1. The number of nitriles is 1. The van der Waals surface area contributed by atoms with Gasteiger partial charge in [-0.3, -0.25) is 9.79 Å². The van der Waals surface area contributed by atoms with Crippen molar-refractivity contribution in [1.29, 1.82) is 5.26 Å². The number of likely N-dealkylation sites (tertiary alicyclic amines) is 1. The van der Waals surface area contributed by atoms with Gasteiger partial charge in [0.25, 0.3) is 5.91 Å². The van der Waals surface area contributed by atoms with Crippen LogP contribution in [0.4, 0.5) is 18.9 Å². The summed E-state index contributed by atoms with van der Waals surface area (Å²) in [5, 5.41) is 14.7. The first-order valence-electron chi connectivity index (χ1n) is 11.2. The van der Waals surface area contributed by atoms with Crippen LogP contribution in [0.2, 0.25) is 0 Å². The van der Waals surface area contributed by atoms with Crippen molar-refractivity contribution in [3.05, 3.63) is 65.2 Å². The van der Waals surface area contributed by atoms with E-state index in [1.165, 1.54) is 12.1 Å². The van der Waals surface area contributed by atoms with E-state index in [1.807, 2.05) is 6.07 Å². The second-order valence-electron chi connectivity index (χ2n) is 8.11. The summed E-state index contributed by atoms with van der Waals surface area (Å²) in [6, 6.07) is 13.4. The minimum absolute atomic E-state index is 0.0560. The van der Waals surface area contributed by atoms with E-state index >= 15 is 0 Å². The second kappa shape index (κ2) is 12.0. The first-order chi connectivity index (χ1) is 17.2. The number of rotatable bonds is 5. The zero-order valence-corrected chi connectivity index (χ0v) is 19.7. The Hall–Kier alpha value is -4.20. The molecule has 0 radical (unpaired) electrons. The Kier molecular flexibility index (Phi) is 8.78. The van der Waals surface area contributed by atoms with Crippen molar-refractivity contribution in [3.8, 4) is 6.07 Å². The van der Waals surface area contributed by atoms with Crippen molar-refractivity contribution >= 4 is 30.1 Å². The number of amidine groups is 1. The number of amides is 1. The number of carbonyl (C=O) groups excluding carboxylic acids is 1. The molecule has 188 valence electrons. The van der Waals surface area contributed by atoms with E-state index in [2.05, 4.69) is 32.3 Å². The Morgan fingerprint density at radius 3 is 2.50 bits per heavy atom. The number of benzene rings is 2. The van der Waals surface area contributed by atoms with Crippen LogP contribution in [-0.4, -0.2) is 55.1 Å². The van der Waals surface area contributed by atoms with E-state index in [-0.39, 0.29) is 24.6 Å². The largest absolute Gasteiger partial charge is 0.416 e. The molecule has 11 heteroatoms. The van der Waals surface area contributed by atoms with E-state index in [1.54, 1.807) is 36.1 Å². The Bertz CT molecular complexity index is 1180. The van der Waals surface area contributed by atoms with Gasteiger partial charge in [-0.1, -0.05) is 6.07 Å². The third-order valence-corrected chi connectivity index (χ3v) is 5.55. The number of aliphatic imine (C=N–C) groups is 3. The van der Waals surface area contributed by atoms with Crippen molar-refractivity contribution in [1.82, 2.24) is 10.2 Å². The van der Waals surface area contributed by atoms with Gasteiger partial charge in [0, 0.05) is 24.3 Å². The third-order valence-electron chi connectivity index (χ3n) is 5.55. The average molecular weight is 498 g/mol. The predicted octanol–water partition coefficient (Wildman–Crippen LogP) is 4.32. The maximum Gasteiger partial charge on any atom is 0.416 e. The lowest BCUT2D eigenvalue weighted by atomic mass is 10.0. The fraction of sp³-hybridized carbons (Fsp3) is 0.320. The van der Waals surface area contributed by atoms with Gasteiger partial charge in [0.1, 0.15) is 12.5 Å². The van der Waals surface area contributed by atoms with E-state index in [0.29, 0.717) is 48.6 Å². The van der Waals surface area contributed by atoms with Gasteiger partial charge in [0.2, 0.25) is 5.96 Å². The molecule has 1 fully saturated rings. The molecule has 8 nitrogen and oxygen atoms in total. The summed E-state index contributed by atoms with van der Waals surface area (Å²) in [6.07, 6.45) is -3.11. The van der Waals surface area contributed by atoms with Crippen LogP contribution in [0.3, 0.4) is 0 Å². The number of nitrogens with one attached hydrogen (secondary N) is 2. The van der Waals surface area contributed by atoms with E-state index in [0.717, 1.165) is 12.1 Å². The van der Waals surface area contributed by atoms with E-state index in [4.69, 9.17) is 5.26 Å². The molecule has 0 spiro atoms. The van der Waals surface area contributed by atoms with Gasteiger partial charge in [0.05, 0.1) is 23.2 Å². The van der Waals surface area contributed by atoms with Crippen molar-refractivity contribution in [2.24, 2.45) is 15.0 Å². The van der Waals surface area contributed by atoms with Crippen molar-refractivity contribution in [3.63, 3.8) is 0 Å². The topological polar surface area (TPSA) is 105 Å². The number of piperidine rings is 1. The number of hydrogen-bond acceptors (Lipinski definition) is 5. The molecule has 0 bridgehead atoms. The molecule has 0 saturated carbocycles. The number of alkyl halides is 3. The van der Waals surface area contributed by atoms with Gasteiger partial charge in [0.15, 0.2) is 0 Å². The Morgan fingerprint density at radius 1 is 1.19 bits per heavy atom. The van der Waals surface area contributed by atoms with Gasteiger partial charge in [-0.25, -0.2) is 9.98 Å². The number of hydrogen-bond donors (Lipinski definition) is 2. The van der Waals surface area contributed by atoms with Gasteiger partial charge < -0.3 is 15.5 Å². The van der Waals surface area contributed by atoms with Crippen LogP contribution in [0.25, 0.3) is 0 Å². The molecule has 1 aliphatic rings. The predicted molar refractivity (Wildman–Crippen MR) is 133 cm³/mol. The van der Waals surface area contributed by atoms with Gasteiger partial charge in [-0.05, 0) is 68.9 Å². The Morgan fingerprint density at radius 2 is 1.89 bits per heavy atom. The maximum atomic E-state index is 12.8. The normalized spacial score (nSPS) is 15.2. The molecule has 0 atom stereocenters. The third kappa shape index (κ3) is 7.40. The van der Waals surface area contributed by atoms with E-state index in [9.17, 15) is 18.0 Å². The second-order valence-corrected chi connectivity index (χ2v) is 8.11. The molecule has 2 N–H and O–H groups in total. The zero-order valence-electron chi connectivity index (χ0n) is 19.7. The fourth-order valence-electron chi connectivity index (χ4n) is 3.61. The molecule has 0 unspecified atom stereocenters. The molecule has 3 rings (SSSR count). The molecule has 0 aromatic heterocycles. The van der Waals surface area contributed by atoms with E-state index < -0.39 is 11.7 Å². The molecule has 1 heterocycles. The van der Waals surface area contributed by atoms with Crippen molar-refractivity contribution in [2.75, 3.05) is 25.1 Å². The summed E-state index contributed by atoms with van der Waals surface area (Å²) in [4.78, 5) is 27.2. The molecule has 1 saturated heterocycles. The minimum Gasteiger partial charge on any atom is -0.366 e. The lowest BCUT2D eigenvalue weighted by molar-refractivity contribution is -0.137. The summed E-state index contributed by atoms with van der Waals surface area (Å²) in [6.45, 7) is 6.34. The number of anilines is 1. The highest BCUT2D eigenvalue weighted by Crippen LogP contribution is 2.30. The summed E-state index contributed by atoms with van der Waals surface area (Å²) in [5.41, 5.74) is 0.610. The van der Waals surface area contributed by atoms with Crippen molar-refractivity contribution in [2.45, 2.75) is 32.0 Å². The quantitative estimate of drug-likeness (QED) is 0.474. The highest BCUT2D eigenvalue weighted by molar-refractivity contribution is 6.00. The number of nitrogens with zero attached hydrogens (tertiary/aromatic N) is 5. The van der Waals surface area contributed by atoms with Crippen LogP contribution in [0, 0.1) is 11.3 Å². The first-order valence-corrected chi connectivity index (χ1v) is 11.2. The monoisotopic (exact) mass is 497 g/mol. The summed E-state index contributed by atoms with van der Waals surface area (Å²) in [7, 11) is 0. The summed E-state index contributed by atoms with van der Waals surface area (Å²) < 4.78 is 38.5. The molecule has 2 aromatic carbocycles. The highest BCUT2D eigenvalue weighted by Gasteiger charge is 2.30. The Balaban J connectivity index is 1.50. The van der Waals surface area contributed by atoms with Gasteiger partial charge in [-0.2, -0.15) is 18.4 Å². The number of halogens is 3. The summed E-state index contributed by atoms with van der Waals surface area (Å²) in [5.74, 6) is 0.666. The summed E-state index contributed by atoms with van der Waals surface area (Å²) >= 11 is 0. The standard InChI is InChI=1S/C25H26F3N7O/c1-17(31-16-32-22-5-3-4-20(14-22)25(26,27)28)33-24(30-2)34-21-10-12-35(13-11-21)23(36)19-8-6-18(15-29)7-9-19/h3-9,14,21,32H,2,10-13,16H2,1H3,(H,31,33,34). The van der Waals surface area contributed by atoms with Crippen LogP contribution in [0.5, 0.6) is 0 Å². The van der Waals surface area contributed by atoms with Crippen LogP contribution in [0.15, 0.2) is 63.5 Å². The minimum atomic E-state index is -4.41. The molecular formula is C25H26F3N7O. The van der Waals surface area contributed by atoms with Gasteiger partial charge >= 0.3 is 6.18 Å². The van der Waals surface area contributed by atoms with Crippen LogP contribution in [0.1, 0.15) is 41.3 Å². The van der Waals surface area contributed by atoms with Crippen LogP contribution < -0.4 is 10.6 Å². The molecule has 36 heavy (non-hydrogen) atoms. The SMILES string of the molecule is C=NC(=NC1CCN(C(=O)c2ccc(C#N)cc2)CC1)N/C(C)=N\CNc1cccc(C(F)(F)F)c1. The molecular weight excluding hydrogens is 471 g/mol. The maximum absolute atomic E-state index is 12.8. The van der Waals surface area contributed by atoms with Gasteiger partial charge in [-0.15, -0.1) is 0 Å². The smallest absolute Gasteiger partial charge is 0.366 e. The first kappa shape index (κ1) is 26.4. The zero-order chi connectivity index (χ0) is 26.1. The van der Waals surface area contributed by atoms with Crippen LogP contribution >= 0.6 is 0 Å². The molecule has 1 aliphatic heterocycles.